The normalized spacial score (nSPS) is 32.7. The Morgan fingerprint density at radius 1 is 0.913 bits per heavy atom. The van der Waals surface area contributed by atoms with E-state index < -0.39 is 0 Å². The van der Waals surface area contributed by atoms with Crippen LogP contribution in [0.25, 0.3) is 0 Å². The Bertz CT molecular complexity index is 1000. The van der Waals surface area contributed by atoms with Gasteiger partial charge in [-0.2, -0.15) is 0 Å². The lowest BCUT2D eigenvalue weighted by Crippen LogP contribution is -2.51. The van der Waals surface area contributed by atoms with Crippen molar-refractivity contribution in [2.24, 2.45) is 52.1 Å². The minimum absolute atomic E-state index is 0.00369. The molecule has 0 aromatic rings. The van der Waals surface area contributed by atoms with Gasteiger partial charge in [0.1, 0.15) is 11.9 Å². The van der Waals surface area contributed by atoms with Crippen LogP contribution in [-0.2, 0) is 14.3 Å². The van der Waals surface area contributed by atoms with Gasteiger partial charge in [-0.3, -0.25) is 9.59 Å². The number of allylic oxidation sites excluding steroid dienone is 1. The van der Waals surface area contributed by atoms with Crippen LogP contribution in [0.5, 0.6) is 0 Å². The van der Waals surface area contributed by atoms with Gasteiger partial charge in [0, 0.05) is 13.0 Å². The summed E-state index contributed by atoms with van der Waals surface area (Å²) in [6.45, 7) is 14.0. The maximum Gasteiger partial charge on any atom is 0.317 e. The average molecular weight is 677 g/mol. The van der Waals surface area contributed by atoms with E-state index in [1.54, 1.807) is 5.57 Å². The molecule has 1 amide bonds. The molecule has 4 rings (SSSR count). The van der Waals surface area contributed by atoms with Crippen molar-refractivity contribution in [1.82, 2.24) is 5.32 Å². The van der Waals surface area contributed by atoms with Crippen molar-refractivity contribution in [3.63, 3.8) is 0 Å². The fourth-order valence-electron chi connectivity index (χ4n) is 10.4. The Morgan fingerprint density at radius 2 is 1.65 bits per heavy atom. The van der Waals surface area contributed by atoms with Gasteiger partial charge in [0.25, 0.3) is 0 Å². The summed E-state index contributed by atoms with van der Waals surface area (Å²) in [6, 6.07) is 0. The van der Waals surface area contributed by atoms with Gasteiger partial charge >= 0.3 is 5.97 Å². The first-order chi connectivity index (χ1) is 22.1. The van der Waals surface area contributed by atoms with Crippen LogP contribution in [0.2, 0.25) is 0 Å². The summed E-state index contributed by atoms with van der Waals surface area (Å²) >= 11 is 0. The van der Waals surface area contributed by atoms with Crippen molar-refractivity contribution in [3.8, 4) is 0 Å². The Morgan fingerprint density at radius 3 is 2.41 bits per heavy atom. The van der Waals surface area contributed by atoms with Crippen molar-refractivity contribution < 1.29 is 14.3 Å². The molecule has 0 spiro atoms. The molecule has 0 aromatic heterocycles. The van der Waals surface area contributed by atoms with Crippen molar-refractivity contribution in [2.45, 2.75) is 150 Å². The number of rotatable bonds is 19. The second kappa shape index (κ2) is 18.4. The van der Waals surface area contributed by atoms with Crippen LogP contribution in [0.3, 0.4) is 0 Å². The summed E-state index contributed by atoms with van der Waals surface area (Å²) in [5, 5.41) is 3.00. The van der Waals surface area contributed by atoms with Gasteiger partial charge in [0.15, 0.2) is 0 Å². The van der Waals surface area contributed by atoms with Crippen molar-refractivity contribution in [2.75, 3.05) is 24.6 Å². The van der Waals surface area contributed by atoms with E-state index in [1.807, 2.05) is 0 Å². The summed E-state index contributed by atoms with van der Waals surface area (Å²) in [5.41, 5.74) is 7.91. The molecule has 3 fully saturated rings. The minimum atomic E-state index is -0.136. The first-order valence-corrected chi connectivity index (χ1v) is 21.7. The maximum atomic E-state index is 12.7. The molecular weight excluding hydrogens is 609 g/mol. The lowest BCUT2D eigenvalue weighted by Gasteiger charge is -2.58. The lowest BCUT2D eigenvalue weighted by molar-refractivity contribution is -0.148. The van der Waals surface area contributed by atoms with E-state index in [1.165, 1.54) is 92.2 Å². The number of unbranched alkanes of at least 4 members (excludes halogenated alkanes) is 5. The standard InChI is InChI=1S/C39H68N2O3S2/c1-28(2)13-12-14-29(3)33-17-18-34-32-16-15-30-25-31(19-21-38(30,4)35(32)20-22-39(33,34)5)44-37(43)27-46-45-26-36(42)41-24-11-9-7-6-8-10-23-40/h15,28-29,31-35H,6-14,16-27,40H2,1-5H3,(H,41,42). The van der Waals surface area contributed by atoms with E-state index in [4.69, 9.17) is 10.5 Å². The largest absolute Gasteiger partial charge is 0.461 e. The van der Waals surface area contributed by atoms with Crippen LogP contribution in [0.1, 0.15) is 144 Å². The quantitative estimate of drug-likeness (QED) is 0.0614. The Kier molecular flexibility index (Phi) is 15.2. The molecule has 8 unspecified atom stereocenters. The molecule has 46 heavy (non-hydrogen) atoms. The molecule has 4 aliphatic carbocycles. The molecule has 264 valence electrons. The summed E-state index contributed by atoms with van der Waals surface area (Å²) in [4.78, 5) is 24.9. The van der Waals surface area contributed by atoms with Gasteiger partial charge in [-0.05, 0) is 111 Å². The van der Waals surface area contributed by atoms with E-state index >= 15 is 0 Å². The highest BCUT2D eigenvalue weighted by Gasteiger charge is 2.59. The van der Waals surface area contributed by atoms with Crippen LogP contribution in [0.4, 0.5) is 0 Å². The minimum Gasteiger partial charge on any atom is -0.461 e. The third-order valence-corrected chi connectivity index (χ3v) is 15.1. The fourth-order valence-corrected chi connectivity index (χ4v) is 12.1. The third-order valence-electron chi connectivity index (χ3n) is 13.0. The number of ether oxygens (including phenoxy) is 1. The fraction of sp³-hybridized carbons (Fsp3) is 0.897. The zero-order chi connectivity index (χ0) is 33.2. The van der Waals surface area contributed by atoms with Gasteiger partial charge < -0.3 is 15.8 Å². The summed E-state index contributed by atoms with van der Waals surface area (Å²) in [5.74, 6) is 5.66. The second-order valence-corrected chi connectivity index (χ2v) is 18.9. The first kappa shape index (κ1) is 38.1. The summed E-state index contributed by atoms with van der Waals surface area (Å²) in [7, 11) is 2.90. The van der Waals surface area contributed by atoms with Crippen LogP contribution >= 0.6 is 21.6 Å². The lowest BCUT2D eigenvalue weighted by atomic mass is 9.47. The number of amides is 1. The molecule has 8 atom stereocenters. The highest BCUT2D eigenvalue weighted by Crippen LogP contribution is 2.67. The average Bonchev–Trinajstić information content (AvgIpc) is 3.38. The highest BCUT2D eigenvalue weighted by atomic mass is 33.1. The molecule has 7 heteroatoms. The Hall–Kier alpha value is -0.660. The van der Waals surface area contributed by atoms with Gasteiger partial charge in [-0.1, -0.05) is 113 Å². The smallest absolute Gasteiger partial charge is 0.317 e. The number of nitrogens with one attached hydrogen (secondary N) is 1. The van der Waals surface area contributed by atoms with Crippen LogP contribution in [-0.4, -0.2) is 42.6 Å². The molecule has 0 heterocycles. The number of carbonyl (C=O) groups is 2. The van der Waals surface area contributed by atoms with E-state index in [0.29, 0.717) is 16.9 Å². The van der Waals surface area contributed by atoms with Crippen molar-refractivity contribution in [3.05, 3.63) is 11.6 Å². The monoisotopic (exact) mass is 676 g/mol. The Labute approximate surface area is 290 Å². The molecule has 0 radical (unpaired) electrons. The highest BCUT2D eigenvalue weighted by molar-refractivity contribution is 8.77. The number of hydrogen-bond donors (Lipinski definition) is 2. The van der Waals surface area contributed by atoms with E-state index in [2.05, 4.69) is 46.0 Å². The van der Waals surface area contributed by atoms with Crippen molar-refractivity contribution >= 4 is 33.5 Å². The molecule has 5 nitrogen and oxygen atoms in total. The predicted molar refractivity (Wildman–Crippen MR) is 198 cm³/mol. The second-order valence-electron chi connectivity index (χ2n) is 16.4. The molecule has 3 N–H and O–H groups in total. The van der Waals surface area contributed by atoms with E-state index in [0.717, 1.165) is 87.1 Å². The van der Waals surface area contributed by atoms with Gasteiger partial charge in [-0.25, -0.2) is 0 Å². The molecule has 4 aliphatic rings. The zero-order valence-electron chi connectivity index (χ0n) is 30.1. The number of nitrogens with two attached hydrogens (primary N) is 1. The Balaban J connectivity index is 1.16. The van der Waals surface area contributed by atoms with Crippen LogP contribution in [0, 0.1) is 46.3 Å². The van der Waals surface area contributed by atoms with Crippen molar-refractivity contribution in [1.29, 1.82) is 0 Å². The number of carbonyl (C=O) groups excluding carboxylic acids is 2. The van der Waals surface area contributed by atoms with Gasteiger partial charge in [-0.15, -0.1) is 0 Å². The van der Waals surface area contributed by atoms with Crippen LogP contribution < -0.4 is 11.1 Å². The molecule has 0 aromatic carbocycles. The molecular formula is C39H68N2O3S2. The summed E-state index contributed by atoms with van der Waals surface area (Å²) < 4.78 is 6.01. The third kappa shape index (κ3) is 9.96. The SMILES string of the molecule is CC(C)CCCC(C)C1CCC2C3CC=C4CC(OC(=O)CSSCC(=O)NCCCCCCCCN)CCC4(C)C3CCC12C. The maximum absolute atomic E-state index is 12.7. The molecule has 0 saturated heterocycles. The summed E-state index contributed by atoms with van der Waals surface area (Å²) in [6.07, 6.45) is 23.6. The first-order valence-electron chi connectivity index (χ1n) is 19.2. The van der Waals surface area contributed by atoms with E-state index in [-0.39, 0.29) is 23.4 Å². The molecule has 0 bridgehead atoms. The van der Waals surface area contributed by atoms with E-state index in [9.17, 15) is 9.59 Å². The van der Waals surface area contributed by atoms with Gasteiger partial charge in [0.05, 0.1) is 5.75 Å². The number of fused-ring (bicyclic) bond motifs is 5. The number of hydrogen-bond acceptors (Lipinski definition) is 6. The zero-order valence-corrected chi connectivity index (χ0v) is 31.7. The number of esters is 1. The molecule has 3 saturated carbocycles. The molecule has 0 aliphatic heterocycles. The topological polar surface area (TPSA) is 81.4 Å². The van der Waals surface area contributed by atoms with Gasteiger partial charge in [0.2, 0.25) is 5.91 Å². The predicted octanol–water partition coefficient (Wildman–Crippen LogP) is 9.74. The van der Waals surface area contributed by atoms with Crippen LogP contribution in [0.15, 0.2) is 11.6 Å².